The van der Waals surface area contributed by atoms with Crippen LogP contribution in [0.3, 0.4) is 0 Å². The summed E-state index contributed by atoms with van der Waals surface area (Å²) >= 11 is 0. The first kappa shape index (κ1) is 48.0. The van der Waals surface area contributed by atoms with Crippen molar-refractivity contribution in [3.63, 3.8) is 0 Å². The highest BCUT2D eigenvalue weighted by Gasteiger charge is 2.18. The van der Waals surface area contributed by atoms with Gasteiger partial charge >= 0.3 is 0 Å². The predicted octanol–water partition coefficient (Wildman–Crippen LogP) is 12.4. The van der Waals surface area contributed by atoms with E-state index in [4.69, 9.17) is 15.2 Å². The Morgan fingerprint density at radius 2 is 1.16 bits per heavy atom. The van der Waals surface area contributed by atoms with Crippen molar-refractivity contribution in [1.29, 1.82) is 0 Å². The van der Waals surface area contributed by atoms with E-state index < -0.39 is 4.92 Å². The third-order valence-electron chi connectivity index (χ3n) is 10.1. The van der Waals surface area contributed by atoms with E-state index in [1.165, 1.54) is 43.1 Å². The van der Waals surface area contributed by atoms with Gasteiger partial charge in [-0.25, -0.2) is 9.97 Å². The summed E-state index contributed by atoms with van der Waals surface area (Å²) in [5, 5.41) is 14.8. The van der Waals surface area contributed by atoms with E-state index in [0.717, 1.165) is 56.7 Å². The molecule has 8 rings (SSSR count). The number of allylic oxidation sites excluding steroid dienone is 1. The molecule has 0 saturated carbocycles. The fourth-order valence-corrected chi connectivity index (χ4v) is 6.74. The molecule has 12 nitrogen and oxygen atoms in total. The number of non-ortho nitro benzene ring substituents is 1. The monoisotopic (exact) mass is 890 g/mol. The largest absolute Gasteiger partial charge is 0.477 e. The maximum atomic E-state index is 11.5. The fraction of sp³-hybridized carbons (Fsp3) is 0.145. The lowest BCUT2D eigenvalue weighted by Gasteiger charge is -2.12. The number of nitro groups is 1. The second-order valence-corrected chi connectivity index (χ2v) is 15.6. The maximum Gasteiger partial charge on any atom is 0.278 e. The molecule has 8 aromatic rings. The van der Waals surface area contributed by atoms with Gasteiger partial charge in [0.1, 0.15) is 5.52 Å². The maximum absolute atomic E-state index is 11.5. The van der Waals surface area contributed by atoms with Crippen molar-refractivity contribution in [2.45, 2.75) is 41.2 Å². The van der Waals surface area contributed by atoms with Crippen molar-refractivity contribution < 1.29 is 14.4 Å². The molecule has 0 unspecified atom stereocenters. The van der Waals surface area contributed by atoms with Crippen molar-refractivity contribution >= 4 is 64.0 Å². The smallest absolute Gasteiger partial charge is 0.278 e. The van der Waals surface area contributed by atoms with Crippen LogP contribution in [0.25, 0.3) is 47.0 Å². The van der Waals surface area contributed by atoms with Crippen molar-refractivity contribution in [1.82, 2.24) is 24.9 Å². The summed E-state index contributed by atoms with van der Waals surface area (Å²) in [6.07, 6.45) is 10.1. The number of hydrogen-bond donors (Lipinski definition) is 2. The molecule has 3 N–H and O–H groups in total. The highest BCUT2D eigenvalue weighted by molar-refractivity contribution is 5.83. The fourth-order valence-electron chi connectivity index (χ4n) is 6.74. The van der Waals surface area contributed by atoms with Crippen LogP contribution in [0.2, 0.25) is 0 Å². The van der Waals surface area contributed by atoms with Gasteiger partial charge in [0.25, 0.3) is 17.4 Å². The second-order valence-electron chi connectivity index (χ2n) is 15.6. The van der Waals surface area contributed by atoms with E-state index >= 15 is 0 Å². The molecule has 12 heteroatoms. The molecule has 0 bridgehead atoms. The quantitative estimate of drug-likeness (QED) is 0.0681. The molecule has 338 valence electrons. The van der Waals surface area contributed by atoms with Crippen molar-refractivity contribution in [3.8, 4) is 11.8 Å². The van der Waals surface area contributed by atoms with Gasteiger partial charge < -0.3 is 20.5 Å². The van der Waals surface area contributed by atoms with Gasteiger partial charge in [-0.05, 0) is 136 Å². The third kappa shape index (κ3) is 14.5. The number of nitrogens with one attached hydrogen (secondary N) is 1. The van der Waals surface area contributed by atoms with Gasteiger partial charge in [0, 0.05) is 52.7 Å². The Hall–Kier alpha value is -8.51. The summed E-state index contributed by atoms with van der Waals surface area (Å²) in [4.78, 5) is 33.2. The number of ether oxygens (including phenoxy) is 2. The number of aromatic nitrogens is 5. The van der Waals surface area contributed by atoms with Crippen LogP contribution in [-0.2, 0) is 6.54 Å². The molecule has 0 amide bonds. The Bertz CT molecular complexity index is 3010. The predicted molar refractivity (Wildman–Crippen MR) is 273 cm³/mol. The van der Waals surface area contributed by atoms with Gasteiger partial charge in [-0.3, -0.25) is 25.1 Å². The first-order chi connectivity index (χ1) is 32.3. The first-order valence-corrected chi connectivity index (χ1v) is 21.5. The summed E-state index contributed by atoms with van der Waals surface area (Å²) in [5.74, 6) is 0.374. The molecular weight excluding hydrogens is 837 g/mol. The van der Waals surface area contributed by atoms with Crippen LogP contribution < -0.4 is 20.5 Å². The number of fused-ring (bicyclic) bond motifs is 1. The lowest BCUT2D eigenvalue weighted by Crippen LogP contribution is -2.05. The van der Waals surface area contributed by atoms with E-state index in [1.807, 2.05) is 148 Å². The molecule has 0 aliphatic rings. The minimum absolute atomic E-state index is 0.0758. The van der Waals surface area contributed by atoms with E-state index in [-0.39, 0.29) is 17.4 Å². The van der Waals surface area contributed by atoms with Gasteiger partial charge in [-0.15, -0.1) is 0 Å². The van der Waals surface area contributed by atoms with Crippen LogP contribution in [0, 0.1) is 37.8 Å². The molecule has 0 aliphatic heterocycles. The van der Waals surface area contributed by atoms with E-state index in [2.05, 4.69) is 74.4 Å². The zero-order valence-corrected chi connectivity index (χ0v) is 38.8. The summed E-state index contributed by atoms with van der Waals surface area (Å²) in [6.45, 7) is 10.5. The summed E-state index contributed by atoms with van der Waals surface area (Å²) in [5.41, 5.74) is 20.5. The number of benzene rings is 4. The van der Waals surface area contributed by atoms with E-state index in [0.29, 0.717) is 23.1 Å². The summed E-state index contributed by atoms with van der Waals surface area (Å²) in [7, 11) is 2.90. The zero-order chi connectivity index (χ0) is 47.7. The van der Waals surface area contributed by atoms with Crippen LogP contribution in [-0.4, -0.2) is 44.1 Å². The zero-order valence-electron chi connectivity index (χ0n) is 38.8. The number of nitrogens with two attached hydrogens (primary N) is 1. The van der Waals surface area contributed by atoms with Gasteiger partial charge in [0.2, 0.25) is 0 Å². The van der Waals surface area contributed by atoms with Crippen LogP contribution >= 0.6 is 0 Å². The van der Waals surface area contributed by atoms with Crippen molar-refractivity contribution in [2.75, 3.05) is 25.3 Å². The second kappa shape index (κ2) is 23.4. The third-order valence-corrected chi connectivity index (χ3v) is 10.1. The van der Waals surface area contributed by atoms with E-state index in [9.17, 15) is 10.1 Å². The van der Waals surface area contributed by atoms with Gasteiger partial charge in [-0.1, -0.05) is 84.4 Å². The average Bonchev–Trinajstić information content (AvgIpc) is 3.32. The van der Waals surface area contributed by atoms with Crippen LogP contribution in [0.1, 0.15) is 68.9 Å². The van der Waals surface area contributed by atoms with Gasteiger partial charge in [0.15, 0.2) is 0 Å². The Morgan fingerprint density at radius 3 is 1.73 bits per heavy atom. The number of nitrogens with zero attached hydrogens (tertiary/aromatic N) is 6. The summed E-state index contributed by atoms with van der Waals surface area (Å²) in [6, 6.07) is 45.0. The molecule has 0 spiro atoms. The highest BCUT2D eigenvalue weighted by atomic mass is 16.6. The van der Waals surface area contributed by atoms with Crippen molar-refractivity contribution in [2.24, 2.45) is 0 Å². The van der Waals surface area contributed by atoms with Crippen LogP contribution in [0.5, 0.6) is 11.8 Å². The standard InChI is InChI=1S/C25H23N5O4.C16H17N.C14H14N2/c1-16-6-4-8-19(27-16)11-10-17-7-5-9-20(12-17)26-15-18-13-21(30(31)32)14-22-23(18)29-25(34-3)24(28-22)33-2;1-12-7-9-15(10-8-12)13(2)11-16-6-4-5-14(3)17-16;1-11-4-2-7-14(16-11)9-8-12-5-3-6-13(15)10-12/h4-14,26H,15H2,1-3H3;4-11H,1-3H3;2-10H,15H2,1H3. The normalized spacial score (nSPS) is 11.1. The minimum atomic E-state index is -0.452. The Morgan fingerprint density at radius 1 is 0.627 bits per heavy atom. The number of anilines is 2. The lowest BCUT2D eigenvalue weighted by atomic mass is 10.0. The number of rotatable bonds is 12. The molecule has 4 heterocycles. The van der Waals surface area contributed by atoms with Crippen LogP contribution in [0.4, 0.5) is 17.1 Å². The number of nitro benzene ring substituents is 1. The molecule has 0 atom stereocenters. The molecule has 0 fully saturated rings. The molecule has 0 aliphatic carbocycles. The number of pyridine rings is 3. The molecule has 67 heavy (non-hydrogen) atoms. The molecule has 4 aromatic carbocycles. The van der Waals surface area contributed by atoms with Crippen LogP contribution in [0.15, 0.2) is 140 Å². The van der Waals surface area contributed by atoms with Gasteiger partial charge in [0.05, 0.1) is 41.7 Å². The Balaban J connectivity index is 0.000000187. The molecule has 0 saturated heterocycles. The molecule has 4 aromatic heterocycles. The molecular formula is C55H54N8O4. The lowest BCUT2D eigenvalue weighted by molar-refractivity contribution is -0.384. The number of hydrogen-bond acceptors (Lipinski definition) is 11. The topological polar surface area (TPSA) is 164 Å². The Kier molecular flexibility index (Phi) is 16.8. The first-order valence-electron chi connectivity index (χ1n) is 21.5. The Labute approximate surface area is 391 Å². The molecule has 0 radical (unpaired) electrons. The minimum Gasteiger partial charge on any atom is -0.477 e. The number of aryl methyl sites for hydroxylation is 4. The summed E-state index contributed by atoms with van der Waals surface area (Å²) < 4.78 is 10.5. The number of methoxy groups -OCH3 is 2. The number of nitrogen functional groups attached to an aromatic ring is 1. The van der Waals surface area contributed by atoms with Gasteiger partial charge in [-0.2, -0.15) is 0 Å². The van der Waals surface area contributed by atoms with E-state index in [1.54, 1.807) is 0 Å². The SMILES string of the molecule is CC(=Cc1cccc(C)n1)c1ccc(C)cc1.COc1nc2cc([N+](=O)[O-])cc(CNc3cccc(C=Cc4cccc(C)n4)c3)c2nc1OC.Cc1cccc(C=Cc2cccc(N)c2)n1. The van der Waals surface area contributed by atoms with Crippen molar-refractivity contribution in [3.05, 3.63) is 212 Å². The average molecular weight is 891 g/mol. The highest BCUT2D eigenvalue weighted by Crippen LogP contribution is 2.30.